The first-order valence-corrected chi connectivity index (χ1v) is 9.99. The number of anilines is 1. The van der Waals surface area contributed by atoms with Gasteiger partial charge in [0.05, 0.1) is 10.6 Å². The highest BCUT2D eigenvalue weighted by Gasteiger charge is 2.27. The van der Waals surface area contributed by atoms with E-state index in [1.54, 1.807) is 11.3 Å². The second kappa shape index (κ2) is 6.54. The number of aromatic nitrogens is 2. The minimum Gasteiger partial charge on any atom is -0.369 e. The van der Waals surface area contributed by atoms with Crippen LogP contribution in [0.25, 0.3) is 10.2 Å². The number of thioether (sulfide) groups is 2. The molecule has 3 rings (SSSR count). The highest BCUT2D eigenvalue weighted by atomic mass is 32.2. The van der Waals surface area contributed by atoms with Crippen LogP contribution in [0.4, 0.5) is 5.82 Å². The van der Waals surface area contributed by atoms with Gasteiger partial charge in [-0.1, -0.05) is 13.8 Å². The molecule has 1 aliphatic heterocycles. The monoisotopic (exact) mass is 325 g/mol. The topological polar surface area (TPSA) is 37.8 Å². The van der Waals surface area contributed by atoms with Crippen molar-refractivity contribution < 1.29 is 0 Å². The molecule has 3 nitrogen and oxygen atoms in total. The Bertz CT molecular complexity index is 584. The van der Waals surface area contributed by atoms with E-state index < -0.39 is 0 Å². The Balaban J connectivity index is 1.97. The van der Waals surface area contributed by atoms with Crippen LogP contribution in [0.1, 0.15) is 31.3 Å². The van der Waals surface area contributed by atoms with Crippen molar-refractivity contribution in [3.8, 4) is 0 Å². The van der Waals surface area contributed by atoms with Crippen molar-refractivity contribution in [3.05, 3.63) is 17.3 Å². The average Bonchev–Trinajstić information content (AvgIpc) is 2.93. The molecular formula is C14H19N3S3. The molecule has 6 heteroatoms. The molecule has 1 aliphatic rings. The summed E-state index contributed by atoms with van der Waals surface area (Å²) in [5.41, 5.74) is 0. The maximum Gasteiger partial charge on any atom is 0.146 e. The number of nitrogens with one attached hydrogen (secondary N) is 1. The van der Waals surface area contributed by atoms with Gasteiger partial charge in [-0.25, -0.2) is 9.97 Å². The molecule has 0 bridgehead atoms. The standard InChI is InChI=1S/C14H19N3S3/c1-3-5-15-12-10-4-6-20-14(10)17-13(16-12)11-9(2)18-7-8-19-11/h4,6,9,11H,3,5,7-8H2,1-2H3,(H,15,16,17). The van der Waals surface area contributed by atoms with Gasteiger partial charge >= 0.3 is 0 Å². The maximum atomic E-state index is 4.84. The zero-order valence-electron chi connectivity index (χ0n) is 11.8. The summed E-state index contributed by atoms with van der Waals surface area (Å²) in [4.78, 5) is 10.8. The van der Waals surface area contributed by atoms with Crippen LogP contribution in [-0.2, 0) is 0 Å². The molecule has 0 spiro atoms. The fraction of sp³-hybridized carbons (Fsp3) is 0.571. The van der Waals surface area contributed by atoms with Gasteiger partial charge in [0.1, 0.15) is 16.5 Å². The third kappa shape index (κ3) is 2.92. The molecule has 0 aromatic carbocycles. The van der Waals surface area contributed by atoms with Crippen molar-refractivity contribution >= 4 is 50.9 Å². The van der Waals surface area contributed by atoms with E-state index in [1.807, 2.05) is 23.5 Å². The third-order valence-electron chi connectivity index (χ3n) is 3.33. The molecule has 2 unspecified atom stereocenters. The predicted octanol–water partition coefficient (Wildman–Crippen LogP) is 4.42. The Hall–Kier alpha value is -0.460. The largest absolute Gasteiger partial charge is 0.369 e. The summed E-state index contributed by atoms with van der Waals surface area (Å²) in [6, 6.07) is 2.12. The van der Waals surface area contributed by atoms with Gasteiger partial charge in [0.2, 0.25) is 0 Å². The highest BCUT2D eigenvalue weighted by Crippen LogP contribution is 2.42. The molecule has 0 saturated carbocycles. The zero-order chi connectivity index (χ0) is 13.9. The molecule has 3 heterocycles. The minimum absolute atomic E-state index is 0.419. The van der Waals surface area contributed by atoms with Crippen molar-refractivity contribution in [2.75, 3.05) is 23.4 Å². The Morgan fingerprint density at radius 2 is 2.15 bits per heavy atom. The lowest BCUT2D eigenvalue weighted by molar-refractivity contribution is 0.832. The van der Waals surface area contributed by atoms with E-state index >= 15 is 0 Å². The van der Waals surface area contributed by atoms with E-state index in [0.29, 0.717) is 10.5 Å². The van der Waals surface area contributed by atoms with E-state index in [9.17, 15) is 0 Å². The molecule has 1 N–H and O–H groups in total. The number of rotatable bonds is 4. The average molecular weight is 326 g/mol. The second-order valence-electron chi connectivity index (χ2n) is 4.86. The lowest BCUT2D eigenvalue weighted by atomic mass is 10.3. The van der Waals surface area contributed by atoms with Gasteiger partial charge in [-0.05, 0) is 17.9 Å². The van der Waals surface area contributed by atoms with E-state index in [-0.39, 0.29) is 0 Å². The Labute approximate surface area is 132 Å². The maximum absolute atomic E-state index is 4.84. The van der Waals surface area contributed by atoms with Crippen molar-refractivity contribution in [3.63, 3.8) is 0 Å². The fourth-order valence-electron chi connectivity index (χ4n) is 2.29. The quantitative estimate of drug-likeness (QED) is 0.900. The summed E-state index contributed by atoms with van der Waals surface area (Å²) in [6.45, 7) is 5.43. The van der Waals surface area contributed by atoms with E-state index in [1.165, 1.54) is 11.5 Å². The molecule has 108 valence electrons. The van der Waals surface area contributed by atoms with Crippen LogP contribution in [0.2, 0.25) is 0 Å². The SMILES string of the molecule is CCCNc1nc(C2SCCSC2C)nc2sccc12. The highest BCUT2D eigenvalue weighted by molar-refractivity contribution is 8.06. The Morgan fingerprint density at radius 3 is 2.95 bits per heavy atom. The number of hydrogen-bond acceptors (Lipinski definition) is 6. The van der Waals surface area contributed by atoms with E-state index in [4.69, 9.17) is 9.97 Å². The molecular weight excluding hydrogens is 306 g/mol. The van der Waals surface area contributed by atoms with E-state index in [0.717, 1.165) is 34.8 Å². The van der Waals surface area contributed by atoms with Crippen LogP contribution in [-0.4, -0.2) is 33.3 Å². The number of fused-ring (bicyclic) bond motifs is 1. The first-order chi connectivity index (χ1) is 9.79. The summed E-state index contributed by atoms with van der Waals surface area (Å²) < 4.78 is 0. The molecule has 2 atom stereocenters. The van der Waals surface area contributed by atoms with Gasteiger partial charge in [0, 0.05) is 23.3 Å². The molecule has 1 fully saturated rings. The van der Waals surface area contributed by atoms with Crippen LogP contribution in [0.5, 0.6) is 0 Å². The van der Waals surface area contributed by atoms with Crippen LogP contribution >= 0.6 is 34.9 Å². The predicted molar refractivity (Wildman–Crippen MR) is 93.3 cm³/mol. The molecule has 1 saturated heterocycles. The van der Waals surface area contributed by atoms with Crippen molar-refractivity contribution in [1.82, 2.24) is 9.97 Å². The van der Waals surface area contributed by atoms with Gasteiger partial charge < -0.3 is 5.32 Å². The molecule has 20 heavy (non-hydrogen) atoms. The molecule has 0 radical (unpaired) electrons. The summed E-state index contributed by atoms with van der Waals surface area (Å²) in [5.74, 6) is 4.45. The van der Waals surface area contributed by atoms with Crippen molar-refractivity contribution in [2.45, 2.75) is 30.8 Å². The van der Waals surface area contributed by atoms with Gasteiger partial charge in [-0.15, -0.1) is 23.1 Å². The molecule has 2 aromatic heterocycles. The lowest BCUT2D eigenvalue weighted by Gasteiger charge is -2.26. The molecule has 0 amide bonds. The van der Waals surface area contributed by atoms with Crippen LogP contribution in [0.15, 0.2) is 11.4 Å². The first-order valence-electron chi connectivity index (χ1n) is 7.02. The molecule has 0 aliphatic carbocycles. The lowest BCUT2D eigenvalue weighted by Crippen LogP contribution is -2.18. The summed E-state index contributed by atoms with van der Waals surface area (Å²) in [6.07, 6.45) is 1.11. The number of thiophene rings is 1. The Kier molecular flexibility index (Phi) is 4.73. The second-order valence-corrected chi connectivity index (χ2v) is 8.49. The smallest absolute Gasteiger partial charge is 0.146 e. The normalized spacial score (nSPS) is 23.1. The van der Waals surface area contributed by atoms with Crippen LogP contribution in [0.3, 0.4) is 0 Å². The first kappa shape index (κ1) is 14.5. The minimum atomic E-state index is 0.419. The van der Waals surface area contributed by atoms with Gasteiger partial charge in [-0.3, -0.25) is 0 Å². The fourth-order valence-corrected chi connectivity index (χ4v) is 5.75. The number of hydrogen-bond donors (Lipinski definition) is 1. The summed E-state index contributed by atoms with van der Waals surface area (Å²) >= 11 is 5.74. The van der Waals surface area contributed by atoms with Crippen LogP contribution < -0.4 is 5.32 Å². The van der Waals surface area contributed by atoms with Crippen molar-refractivity contribution in [1.29, 1.82) is 0 Å². The van der Waals surface area contributed by atoms with Crippen LogP contribution in [0, 0.1) is 0 Å². The van der Waals surface area contributed by atoms with Gasteiger partial charge in [-0.2, -0.15) is 11.8 Å². The summed E-state index contributed by atoms with van der Waals surface area (Å²) in [7, 11) is 0. The van der Waals surface area contributed by atoms with Gasteiger partial charge in [0.15, 0.2) is 0 Å². The third-order valence-corrected chi connectivity index (χ3v) is 7.22. The van der Waals surface area contributed by atoms with Crippen molar-refractivity contribution in [2.24, 2.45) is 0 Å². The van der Waals surface area contributed by atoms with E-state index in [2.05, 4.69) is 30.6 Å². The molecule has 2 aromatic rings. The Morgan fingerprint density at radius 1 is 1.30 bits per heavy atom. The number of nitrogens with zero attached hydrogens (tertiary/aromatic N) is 2. The summed E-state index contributed by atoms with van der Waals surface area (Å²) in [5, 5.41) is 7.73. The van der Waals surface area contributed by atoms with Gasteiger partial charge in [0.25, 0.3) is 0 Å². The zero-order valence-corrected chi connectivity index (χ0v) is 14.2.